The van der Waals surface area contributed by atoms with Crippen molar-refractivity contribution in [3.05, 3.63) is 131 Å². The predicted octanol–water partition coefficient (Wildman–Crippen LogP) is 5.20. The third-order valence-electron chi connectivity index (χ3n) is 5.60. The average molecular weight is 500 g/mol. The van der Waals surface area contributed by atoms with Crippen molar-refractivity contribution in [3.8, 4) is 5.75 Å². The Balaban J connectivity index is 1.62. The summed E-state index contributed by atoms with van der Waals surface area (Å²) in [5.41, 5.74) is 2.51. The highest BCUT2D eigenvalue weighted by molar-refractivity contribution is 6.32. The molecule has 7 heteroatoms. The van der Waals surface area contributed by atoms with Gasteiger partial charge in [0.05, 0.1) is 5.02 Å². The maximum Gasteiger partial charge on any atom is 0.261 e. The van der Waals surface area contributed by atoms with Gasteiger partial charge in [0.2, 0.25) is 5.91 Å². The fraction of sp³-hybridized carbons (Fsp3) is 0.138. The number of aromatic nitrogens is 1. The summed E-state index contributed by atoms with van der Waals surface area (Å²) >= 11 is 6.21. The van der Waals surface area contributed by atoms with Crippen LogP contribution in [0.1, 0.15) is 22.7 Å². The fourth-order valence-electron chi connectivity index (χ4n) is 3.78. The number of ether oxygens (including phenoxy) is 1. The molecule has 0 unspecified atom stereocenters. The van der Waals surface area contributed by atoms with Crippen LogP contribution in [0.3, 0.4) is 0 Å². The molecule has 1 N–H and O–H groups in total. The maximum absolute atomic E-state index is 13.6. The van der Waals surface area contributed by atoms with E-state index in [9.17, 15) is 9.59 Å². The molecule has 0 radical (unpaired) electrons. The smallest absolute Gasteiger partial charge is 0.261 e. The first-order valence-corrected chi connectivity index (χ1v) is 11.9. The van der Waals surface area contributed by atoms with Gasteiger partial charge in [-0.3, -0.25) is 14.6 Å². The van der Waals surface area contributed by atoms with E-state index < -0.39 is 6.04 Å². The first-order valence-electron chi connectivity index (χ1n) is 11.5. The maximum atomic E-state index is 13.6. The molecule has 1 atom stereocenters. The summed E-state index contributed by atoms with van der Waals surface area (Å²) in [5.74, 6) is -0.225. The number of rotatable bonds is 10. The Morgan fingerprint density at radius 2 is 1.47 bits per heavy atom. The van der Waals surface area contributed by atoms with E-state index in [4.69, 9.17) is 16.3 Å². The quantitative estimate of drug-likeness (QED) is 0.325. The summed E-state index contributed by atoms with van der Waals surface area (Å²) in [6.45, 7) is 0.277. The lowest BCUT2D eigenvalue weighted by Crippen LogP contribution is -2.45. The third kappa shape index (κ3) is 6.71. The zero-order valence-corrected chi connectivity index (χ0v) is 20.3. The summed E-state index contributed by atoms with van der Waals surface area (Å²) in [6, 6.07) is 28.6. The number of pyridine rings is 1. The summed E-state index contributed by atoms with van der Waals surface area (Å²) in [4.78, 5) is 32.8. The monoisotopic (exact) mass is 499 g/mol. The zero-order valence-electron chi connectivity index (χ0n) is 19.6. The minimum atomic E-state index is -0.865. The SMILES string of the molecule is O=C(NCc1ccncc1)[C@H](c1ccccc1)N(Cc1ccccc1)C(=O)COc1ccccc1Cl. The molecule has 1 heterocycles. The molecule has 0 saturated carbocycles. The number of hydrogen-bond acceptors (Lipinski definition) is 4. The van der Waals surface area contributed by atoms with Gasteiger partial charge in [-0.2, -0.15) is 0 Å². The van der Waals surface area contributed by atoms with Gasteiger partial charge >= 0.3 is 0 Å². The Bertz CT molecular complexity index is 1270. The average Bonchev–Trinajstić information content (AvgIpc) is 2.92. The van der Waals surface area contributed by atoms with E-state index in [-0.39, 0.29) is 25.0 Å². The van der Waals surface area contributed by atoms with E-state index in [0.717, 1.165) is 11.1 Å². The highest BCUT2D eigenvalue weighted by Crippen LogP contribution is 2.26. The molecule has 0 spiro atoms. The van der Waals surface area contributed by atoms with Crippen molar-refractivity contribution in [1.29, 1.82) is 0 Å². The van der Waals surface area contributed by atoms with E-state index in [1.807, 2.05) is 72.8 Å². The van der Waals surface area contributed by atoms with Crippen molar-refractivity contribution in [3.63, 3.8) is 0 Å². The van der Waals surface area contributed by atoms with Crippen LogP contribution in [0, 0.1) is 0 Å². The Morgan fingerprint density at radius 3 is 2.17 bits per heavy atom. The number of carbonyl (C=O) groups is 2. The summed E-state index contributed by atoms with van der Waals surface area (Å²) in [7, 11) is 0. The molecule has 4 rings (SSSR count). The van der Waals surface area contributed by atoms with Gasteiger partial charge < -0.3 is 15.0 Å². The highest BCUT2D eigenvalue weighted by atomic mass is 35.5. The summed E-state index contributed by atoms with van der Waals surface area (Å²) < 4.78 is 5.75. The van der Waals surface area contributed by atoms with Crippen molar-refractivity contribution in [2.75, 3.05) is 6.61 Å². The molecule has 36 heavy (non-hydrogen) atoms. The van der Waals surface area contributed by atoms with Gasteiger partial charge in [0.1, 0.15) is 11.8 Å². The number of nitrogens with one attached hydrogen (secondary N) is 1. The number of para-hydroxylation sites is 1. The summed E-state index contributed by atoms with van der Waals surface area (Å²) in [6.07, 6.45) is 3.35. The molecular weight excluding hydrogens is 474 g/mol. The molecule has 0 aliphatic carbocycles. The van der Waals surface area contributed by atoms with Gasteiger partial charge in [-0.05, 0) is 41.0 Å². The molecule has 0 aliphatic rings. The normalized spacial score (nSPS) is 11.4. The number of halogens is 1. The van der Waals surface area contributed by atoms with Crippen molar-refractivity contribution in [1.82, 2.24) is 15.2 Å². The molecule has 0 saturated heterocycles. The molecule has 2 amide bonds. The van der Waals surface area contributed by atoms with Crippen LogP contribution in [-0.2, 0) is 22.7 Å². The molecule has 3 aromatic carbocycles. The van der Waals surface area contributed by atoms with Gasteiger partial charge in [0.25, 0.3) is 5.91 Å². The molecule has 4 aromatic rings. The highest BCUT2D eigenvalue weighted by Gasteiger charge is 2.31. The number of carbonyl (C=O) groups excluding carboxylic acids is 2. The topological polar surface area (TPSA) is 71.5 Å². The van der Waals surface area contributed by atoms with Crippen LogP contribution in [0.15, 0.2) is 109 Å². The molecule has 6 nitrogen and oxygen atoms in total. The lowest BCUT2D eigenvalue weighted by molar-refractivity contribution is -0.143. The molecular formula is C29H26ClN3O3. The lowest BCUT2D eigenvalue weighted by atomic mass is 10.0. The number of hydrogen-bond donors (Lipinski definition) is 1. The van der Waals surface area contributed by atoms with Crippen LogP contribution >= 0.6 is 11.6 Å². The van der Waals surface area contributed by atoms with Crippen LogP contribution in [0.25, 0.3) is 0 Å². The Kier molecular flexibility index (Phi) is 8.67. The van der Waals surface area contributed by atoms with Gasteiger partial charge in [0.15, 0.2) is 6.61 Å². The minimum absolute atomic E-state index is 0.230. The molecule has 0 aliphatic heterocycles. The molecule has 1 aromatic heterocycles. The van der Waals surface area contributed by atoms with E-state index in [0.29, 0.717) is 22.9 Å². The van der Waals surface area contributed by atoms with Crippen LogP contribution in [0.4, 0.5) is 0 Å². The second kappa shape index (κ2) is 12.5. The molecule has 0 fully saturated rings. The minimum Gasteiger partial charge on any atom is -0.482 e. The Hall–Kier alpha value is -4.16. The Morgan fingerprint density at radius 1 is 0.833 bits per heavy atom. The Labute approximate surface area is 215 Å². The van der Waals surface area contributed by atoms with Crippen molar-refractivity contribution >= 4 is 23.4 Å². The first-order chi connectivity index (χ1) is 17.6. The summed E-state index contributed by atoms with van der Waals surface area (Å²) in [5, 5.41) is 3.39. The van der Waals surface area contributed by atoms with Gasteiger partial charge in [0, 0.05) is 25.5 Å². The third-order valence-corrected chi connectivity index (χ3v) is 5.91. The number of benzene rings is 3. The lowest BCUT2D eigenvalue weighted by Gasteiger charge is -2.31. The number of amides is 2. The van der Waals surface area contributed by atoms with Crippen LogP contribution in [0.5, 0.6) is 5.75 Å². The van der Waals surface area contributed by atoms with E-state index in [1.165, 1.54) is 0 Å². The van der Waals surface area contributed by atoms with Crippen LogP contribution < -0.4 is 10.1 Å². The molecule has 0 bridgehead atoms. The predicted molar refractivity (Wildman–Crippen MR) is 139 cm³/mol. The fourth-order valence-corrected chi connectivity index (χ4v) is 3.97. The molecule has 182 valence electrons. The van der Waals surface area contributed by atoms with Crippen molar-refractivity contribution in [2.24, 2.45) is 0 Å². The van der Waals surface area contributed by atoms with Crippen LogP contribution in [0.2, 0.25) is 5.02 Å². The van der Waals surface area contributed by atoms with Gasteiger partial charge in [-0.1, -0.05) is 84.4 Å². The second-order valence-corrected chi connectivity index (χ2v) is 8.52. The van der Waals surface area contributed by atoms with E-state index >= 15 is 0 Å². The second-order valence-electron chi connectivity index (χ2n) is 8.11. The number of nitrogens with zero attached hydrogens (tertiary/aromatic N) is 2. The van der Waals surface area contributed by atoms with Crippen molar-refractivity contribution < 1.29 is 14.3 Å². The largest absolute Gasteiger partial charge is 0.482 e. The van der Waals surface area contributed by atoms with Crippen LogP contribution in [-0.4, -0.2) is 28.3 Å². The van der Waals surface area contributed by atoms with Crippen molar-refractivity contribution in [2.45, 2.75) is 19.1 Å². The zero-order chi connectivity index (χ0) is 25.2. The standard InChI is InChI=1S/C29H26ClN3O3/c30-25-13-7-8-14-26(25)36-21-27(34)33(20-23-9-3-1-4-10-23)28(24-11-5-2-6-12-24)29(35)32-19-22-15-17-31-18-16-22/h1-18,28H,19-21H2,(H,32,35)/t28-/m0/s1. The van der Waals surface area contributed by atoms with Gasteiger partial charge in [-0.15, -0.1) is 0 Å². The van der Waals surface area contributed by atoms with E-state index in [2.05, 4.69) is 10.3 Å². The van der Waals surface area contributed by atoms with Gasteiger partial charge in [-0.25, -0.2) is 0 Å². The van der Waals surface area contributed by atoms with E-state index in [1.54, 1.807) is 41.6 Å². The first kappa shape index (κ1) is 24.9.